The maximum Gasteiger partial charge on any atom is 0.266 e. The van der Waals surface area contributed by atoms with Crippen molar-refractivity contribution >= 4 is 56.0 Å². The van der Waals surface area contributed by atoms with E-state index in [1.807, 2.05) is 36.4 Å². The van der Waals surface area contributed by atoms with E-state index in [9.17, 15) is 18.0 Å². The number of carbonyl (C=O) groups excluding carboxylic acids is 2. The van der Waals surface area contributed by atoms with Crippen molar-refractivity contribution in [2.75, 3.05) is 5.75 Å². The summed E-state index contributed by atoms with van der Waals surface area (Å²) in [6, 6.07) is 8.22. The number of nitrogens with zero attached hydrogens (tertiary/aromatic N) is 1. The molecule has 2 atom stereocenters. The summed E-state index contributed by atoms with van der Waals surface area (Å²) in [6.45, 7) is 1.57. The fourth-order valence-corrected chi connectivity index (χ4v) is 5.33. The number of rotatable bonds is 5. The molecule has 0 radical (unpaired) electrons. The second kappa shape index (κ2) is 8.42. The van der Waals surface area contributed by atoms with Crippen molar-refractivity contribution in [1.29, 1.82) is 0 Å². The van der Waals surface area contributed by atoms with Gasteiger partial charge in [0, 0.05) is 5.41 Å². The van der Waals surface area contributed by atoms with Gasteiger partial charge in [-0.25, -0.2) is 8.42 Å². The Hall–Kier alpha value is -2.23. The molecule has 3 rings (SSSR count). The number of hydrogen-bond acceptors (Lipinski definition) is 6. The van der Waals surface area contributed by atoms with Gasteiger partial charge in [0.15, 0.2) is 9.84 Å². The first kappa shape index (κ1) is 20.5. The van der Waals surface area contributed by atoms with Gasteiger partial charge in [-0.2, -0.15) is 0 Å². The third-order valence-corrected chi connectivity index (χ3v) is 6.93. The minimum absolute atomic E-state index is 0.173. The molecule has 1 aromatic carbocycles. The van der Waals surface area contributed by atoms with E-state index < -0.39 is 27.8 Å². The van der Waals surface area contributed by atoms with E-state index >= 15 is 0 Å². The SMILES string of the molecule is CC(C(=O)NC1C=CS(=O)(=O)C1)N1C(=O)/C(=C/C=C/c2ccccc2)SC1=S. The van der Waals surface area contributed by atoms with Gasteiger partial charge in [0.25, 0.3) is 5.91 Å². The molecule has 2 unspecified atom stereocenters. The number of allylic oxidation sites excluding steroid dienone is 2. The minimum atomic E-state index is -3.27. The number of sulfone groups is 1. The molecular weight excluding hydrogens is 416 g/mol. The van der Waals surface area contributed by atoms with Gasteiger partial charge in [0.2, 0.25) is 5.91 Å². The molecule has 1 saturated heterocycles. The van der Waals surface area contributed by atoms with E-state index in [1.54, 1.807) is 19.1 Å². The Morgan fingerprint density at radius 2 is 2.07 bits per heavy atom. The van der Waals surface area contributed by atoms with Crippen molar-refractivity contribution in [2.45, 2.75) is 19.0 Å². The summed E-state index contributed by atoms with van der Waals surface area (Å²) >= 11 is 6.40. The molecule has 1 N–H and O–H groups in total. The average molecular weight is 435 g/mol. The van der Waals surface area contributed by atoms with E-state index in [4.69, 9.17) is 12.2 Å². The zero-order valence-corrected chi connectivity index (χ0v) is 17.4. The Bertz CT molecular complexity index is 997. The Morgan fingerprint density at radius 3 is 2.71 bits per heavy atom. The second-order valence-corrected chi connectivity index (χ2v) is 9.90. The smallest absolute Gasteiger partial charge is 0.266 e. The predicted octanol–water partition coefficient (Wildman–Crippen LogP) is 2.26. The van der Waals surface area contributed by atoms with Crippen LogP contribution in [0, 0.1) is 0 Å². The fourth-order valence-electron chi connectivity index (χ4n) is 2.72. The van der Waals surface area contributed by atoms with Crippen LogP contribution < -0.4 is 5.32 Å². The van der Waals surface area contributed by atoms with Crippen LogP contribution in [-0.2, 0) is 19.4 Å². The van der Waals surface area contributed by atoms with Crippen molar-refractivity contribution < 1.29 is 18.0 Å². The van der Waals surface area contributed by atoms with Crippen molar-refractivity contribution in [3.05, 3.63) is 64.4 Å². The number of thiocarbonyl (C=S) groups is 1. The van der Waals surface area contributed by atoms with Gasteiger partial charge in [0.1, 0.15) is 10.4 Å². The van der Waals surface area contributed by atoms with Gasteiger partial charge < -0.3 is 5.32 Å². The van der Waals surface area contributed by atoms with E-state index in [0.29, 0.717) is 9.23 Å². The molecule has 0 aliphatic carbocycles. The number of nitrogens with one attached hydrogen (secondary N) is 1. The summed E-state index contributed by atoms with van der Waals surface area (Å²) in [5.41, 5.74) is 1.00. The van der Waals surface area contributed by atoms with Crippen LogP contribution in [-0.4, -0.2) is 47.3 Å². The largest absolute Gasteiger partial charge is 0.347 e. The molecule has 2 aliphatic rings. The summed E-state index contributed by atoms with van der Waals surface area (Å²) in [5, 5.41) is 3.72. The van der Waals surface area contributed by atoms with Gasteiger partial charge >= 0.3 is 0 Å². The van der Waals surface area contributed by atoms with Crippen LogP contribution in [0.15, 0.2) is 58.9 Å². The molecule has 0 spiro atoms. The number of amides is 2. The molecule has 28 heavy (non-hydrogen) atoms. The van der Waals surface area contributed by atoms with Crippen molar-refractivity contribution in [1.82, 2.24) is 10.2 Å². The maximum atomic E-state index is 12.7. The summed E-state index contributed by atoms with van der Waals surface area (Å²) < 4.78 is 23.2. The summed E-state index contributed by atoms with van der Waals surface area (Å²) in [6.07, 6.45) is 6.73. The maximum absolute atomic E-state index is 12.7. The van der Waals surface area contributed by atoms with Crippen molar-refractivity contribution in [2.24, 2.45) is 0 Å². The lowest BCUT2D eigenvalue weighted by Gasteiger charge is -2.23. The Balaban J connectivity index is 1.65. The molecular formula is C19H18N2O4S3. The monoisotopic (exact) mass is 434 g/mol. The van der Waals surface area contributed by atoms with Crippen LogP contribution in [0.5, 0.6) is 0 Å². The highest BCUT2D eigenvalue weighted by Crippen LogP contribution is 2.32. The average Bonchev–Trinajstić information content (AvgIpc) is 3.13. The van der Waals surface area contributed by atoms with Gasteiger partial charge in [-0.3, -0.25) is 14.5 Å². The molecule has 6 nitrogen and oxygen atoms in total. The van der Waals surface area contributed by atoms with Gasteiger partial charge in [0.05, 0.1) is 16.7 Å². The number of hydrogen-bond donors (Lipinski definition) is 1. The molecule has 2 heterocycles. The van der Waals surface area contributed by atoms with E-state index in [-0.39, 0.29) is 11.7 Å². The lowest BCUT2D eigenvalue weighted by Crippen LogP contribution is -2.49. The van der Waals surface area contributed by atoms with Crippen LogP contribution in [0.4, 0.5) is 0 Å². The van der Waals surface area contributed by atoms with Crippen LogP contribution in [0.3, 0.4) is 0 Å². The zero-order valence-electron chi connectivity index (χ0n) is 14.9. The highest BCUT2D eigenvalue weighted by molar-refractivity contribution is 8.26. The van der Waals surface area contributed by atoms with Crippen molar-refractivity contribution in [3.63, 3.8) is 0 Å². The summed E-state index contributed by atoms with van der Waals surface area (Å²) in [4.78, 5) is 26.8. The fraction of sp³-hybridized carbons (Fsp3) is 0.211. The molecule has 0 bridgehead atoms. The molecule has 0 saturated carbocycles. The lowest BCUT2D eigenvalue weighted by atomic mass is 10.2. The van der Waals surface area contributed by atoms with Gasteiger partial charge in [-0.05, 0) is 24.6 Å². The van der Waals surface area contributed by atoms with E-state index in [1.165, 1.54) is 11.0 Å². The lowest BCUT2D eigenvalue weighted by molar-refractivity contribution is -0.132. The highest BCUT2D eigenvalue weighted by Gasteiger charge is 2.38. The molecule has 1 fully saturated rings. The van der Waals surface area contributed by atoms with E-state index in [0.717, 1.165) is 22.7 Å². The normalized spacial score (nSPS) is 23.7. The Kier molecular flexibility index (Phi) is 6.17. The highest BCUT2D eigenvalue weighted by atomic mass is 32.2. The molecule has 9 heteroatoms. The van der Waals surface area contributed by atoms with Crippen LogP contribution >= 0.6 is 24.0 Å². The van der Waals surface area contributed by atoms with Crippen LogP contribution in [0.1, 0.15) is 12.5 Å². The molecule has 0 aromatic heterocycles. The topological polar surface area (TPSA) is 83.6 Å². The molecule has 1 aromatic rings. The van der Waals surface area contributed by atoms with Gasteiger partial charge in [-0.15, -0.1) is 0 Å². The van der Waals surface area contributed by atoms with Gasteiger partial charge in [-0.1, -0.05) is 66.5 Å². The number of carbonyl (C=O) groups is 2. The Labute approximate surface area is 173 Å². The minimum Gasteiger partial charge on any atom is -0.347 e. The Morgan fingerprint density at radius 1 is 1.36 bits per heavy atom. The second-order valence-electron chi connectivity index (χ2n) is 6.29. The first-order valence-corrected chi connectivity index (χ1v) is 11.4. The zero-order chi connectivity index (χ0) is 20.3. The van der Waals surface area contributed by atoms with Crippen LogP contribution in [0.2, 0.25) is 0 Å². The third-order valence-electron chi connectivity index (χ3n) is 4.18. The third kappa shape index (κ3) is 4.78. The summed E-state index contributed by atoms with van der Waals surface area (Å²) in [7, 11) is -3.27. The van der Waals surface area contributed by atoms with Crippen molar-refractivity contribution in [3.8, 4) is 0 Å². The predicted molar refractivity (Wildman–Crippen MR) is 115 cm³/mol. The molecule has 2 amide bonds. The van der Waals surface area contributed by atoms with E-state index in [2.05, 4.69) is 5.32 Å². The number of benzene rings is 1. The number of thioether (sulfide) groups is 1. The molecule has 2 aliphatic heterocycles. The quantitative estimate of drug-likeness (QED) is 0.565. The first-order chi connectivity index (χ1) is 13.3. The molecule has 146 valence electrons. The standard InChI is InChI=1S/C19H18N2O4S3/c1-13(17(22)20-15-10-11-28(24,25)12-15)21-18(23)16(27-19(21)26)9-5-8-14-6-3-2-4-7-14/h2-11,13,15H,12H2,1H3,(H,20,22)/b8-5+,16-9-. The van der Waals surface area contributed by atoms with Crippen LogP contribution in [0.25, 0.3) is 6.08 Å². The summed E-state index contributed by atoms with van der Waals surface area (Å²) in [5.74, 6) is -0.970. The first-order valence-electron chi connectivity index (χ1n) is 8.47.